The minimum absolute atomic E-state index is 0.852. The molecule has 0 saturated heterocycles. The molecular weight excluding hydrogens is 373 g/mol. The van der Waals surface area contributed by atoms with Crippen LogP contribution in [0.2, 0.25) is 5.02 Å². The molecule has 0 bridgehead atoms. The highest BCUT2D eigenvalue weighted by Crippen LogP contribution is 2.24. The Kier molecular flexibility index (Phi) is 3.24. The van der Waals surface area contributed by atoms with E-state index in [-0.39, 0.29) is 0 Å². The van der Waals surface area contributed by atoms with Gasteiger partial charge in [-0.3, -0.25) is 0 Å². The molecule has 0 heterocycles. The molecule has 0 saturated carbocycles. The summed E-state index contributed by atoms with van der Waals surface area (Å²) >= 11 is 10.4. The van der Waals surface area contributed by atoms with Crippen molar-refractivity contribution < 1.29 is 0 Å². The van der Waals surface area contributed by atoms with Gasteiger partial charge in [0.25, 0.3) is 0 Å². The number of aryl methyl sites for hydroxylation is 1. The fourth-order valence-electron chi connectivity index (χ4n) is 0.682. The van der Waals surface area contributed by atoms with Crippen LogP contribution in [0.25, 0.3) is 0 Å². The van der Waals surface area contributed by atoms with Gasteiger partial charge < -0.3 is 0 Å². The highest BCUT2D eigenvalue weighted by molar-refractivity contribution is 14.1. The van der Waals surface area contributed by atoms with Gasteiger partial charge in [0.15, 0.2) is 0 Å². The van der Waals surface area contributed by atoms with E-state index in [1.165, 1.54) is 9.13 Å². The van der Waals surface area contributed by atoms with Crippen LogP contribution in [0.4, 0.5) is 0 Å². The maximum Gasteiger partial charge on any atom is 0.0552 e. The van der Waals surface area contributed by atoms with E-state index in [0.717, 1.165) is 8.59 Å². The van der Waals surface area contributed by atoms with Gasteiger partial charge in [0.1, 0.15) is 0 Å². The lowest BCUT2D eigenvalue weighted by molar-refractivity contribution is 1.43. The van der Waals surface area contributed by atoms with E-state index in [1.807, 2.05) is 13.0 Å². The lowest BCUT2D eigenvalue weighted by atomic mass is 10.2. The van der Waals surface area contributed by atoms with Crippen molar-refractivity contribution in [1.29, 1.82) is 0 Å². The molecule has 0 atom stereocenters. The van der Waals surface area contributed by atoms with Gasteiger partial charge in [-0.1, -0.05) is 11.6 Å². The highest BCUT2D eigenvalue weighted by atomic mass is 127. The highest BCUT2D eigenvalue weighted by Gasteiger charge is 2.01. The Bertz CT molecular complexity index is 235. The van der Waals surface area contributed by atoms with Crippen LogP contribution in [0.5, 0.6) is 0 Å². The van der Waals surface area contributed by atoms with E-state index >= 15 is 0 Å². The number of benzene rings is 1. The maximum absolute atomic E-state index is 5.91. The lowest BCUT2D eigenvalue weighted by Gasteiger charge is -2.00. The molecule has 54 valence electrons. The second-order valence-corrected chi connectivity index (χ2v) is 4.69. The summed E-state index contributed by atoms with van der Waals surface area (Å²) in [6.07, 6.45) is 0. The van der Waals surface area contributed by atoms with Gasteiger partial charge in [-0.15, -0.1) is 0 Å². The second-order valence-electron chi connectivity index (χ2n) is 2.04. The number of hydrogen-bond acceptors (Lipinski definition) is 0. The first-order valence-electron chi connectivity index (χ1n) is 2.72. The Morgan fingerprint density at radius 2 is 1.90 bits per heavy atom. The third-order valence-electron chi connectivity index (χ3n) is 1.13. The zero-order valence-electron chi connectivity index (χ0n) is 5.29. The Morgan fingerprint density at radius 1 is 1.30 bits per heavy atom. The van der Waals surface area contributed by atoms with Crippen molar-refractivity contribution in [3.8, 4) is 0 Å². The van der Waals surface area contributed by atoms with Gasteiger partial charge in [0.05, 0.1) is 5.02 Å². The fourth-order valence-corrected chi connectivity index (χ4v) is 2.21. The predicted molar refractivity (Wildman–Crippen MR) is 61.6 cm³/mol. The summed E-state index contributed by atoms with van der Waals surface area (Å²) in [6, 6.07) is 4.10. The zero-order valence-corrected chi connectivity index (χ0v) is 10.4. The molecule has 0 amide bonds. The molecule has 0 unspecified atom stereocenters. The zero-order chi connectivity index (χ0) is 7.72. The first kappa shape index (κ1) is 9.06. The van der Waals surface area contributed by atoms with Gasteiger partial charge in [0.2, 0.25) is 0 Å². The third-order valence-corrected chi connectivity index (χ3v) is 4.79. The molecule has 0 fully saturated rings. The molecule has 0 aliphatic heterocycles. The van der Waals surface area contributed by atoms with Crippen LogP contribution in [0.3, 0.4) is 0 Å². The van der Waals surface area contributed by atoms with Crippen molar-refractivity contribution in [3.05, 3.63) is 29.9 Å². The standard InChI is InChI=1S/C7H5ClI2/c1-4-2-5(8)7(10)6(9)3-4/h2-3H,1H3. The van der Waals surface area contributed by atoms with Gasteiger partial charge in [-0.25, -0.2) is 0 Å². The Hall–Kier alpha value is 0.970. The van der Waals surface area contributed by atoms with Crippen molar-refractivity contribution in [2.75, 3.05) is 0 Å². The van der Waals surface area contributed by atoms with E-state index in [2.05, 4.69) is 51.2 Å². The van der Waals surface area contributed by atoms with Crippen molar-refractivity contribution in [3.63, 3.8) is 0 Å². The molecule has 0 nitrogen and oxygen atoms in total. The second kappa shape index (κ2) is 3.58. The Labute approximate surface area is 92.6 Å². The lowest BCUT2D eigenvalue weighted by Crippen LogP contribution is -1.82. The average Bonchev–Trinajstić information content (AvgIpc) is 1.82. The van der Waals surface area contributed by atoms with E-state index < -0.39 is 0 Å². The number of rotatable bonds is 0. The van der Waals surface area contributed by atoms with Gasteiger partial charge in [-0.05, 0) is 69.8 Å². The quantitative estimate of drug-likeness (QED) is 0.475. The Morgan fingerprint density at radius 3 is 2.40 bits per heavy atom. The van der Waals surface area contributed by atoms with Crippen molar-refractivity contribution in [1.82, 2.24) is 0 Å². The molecule has 0 aliphatic carbocycles. The summed E-state index contributed by atoms with van der Waals surface area (Å²) in [7, 11) is 0. The molecule has 10 heavy (non-hydrogen) atoms. The number of halogens is 3. The molecule has 0 aliphatic rings. The predicted octanol–water partition coefficient (Wildman–Crippen LogP) is 3.86. The van der Waals surface area contributed by atoms with Gasteiger partial charge in [0, 0.05) is 7.14 Å². The van der Waals surface area contributed by atoms with Gasteiger partial charge >= 0.3 is 0 Å². The summed E-state index contributed by atoms with van der Waals surface area (Å²) in [5, 5.41) is 0.852. The topological polar surface area (TPSA) is 0 Å². The monoisotopic (exact) mass is 378 g/mol. The molecule has 3 heteroatoms. The SMILES string of the molecule is Cc1cc(Cl)c(I)c(I)c1. The molecule has 0 radical (unpaired) electrons. The minimum Gasteiger partial charge on any atom is -0.0831 e. The molecule has 0 N–H and O–H groups in total. The van der Waals surface area contributed by atoms with Crippen LogP contribution in [0.1, 0.15) is 5.56 Å². The van der Waals surface area contributed by atoms with Crippen LogP contribution in [0, 0.1) is 14.1 Å². The summed E-state index contributed by atoms with van der Waals surface area (Å²) in [5.74, 6) is 0. The summed E-state index contributed by atoms with van der Waals surface area (Å²) in [6.45, 7) is 2.05. The van der Waals surface area contributed by atoms with E-state index in [1.54, 1.807) is 0 Å². The van der Waals surface area contributed by atoms with Crippen molar-refractivity contribution >= 4 is 56.8 Å². The largest absolute Gasteiger partial charge is 0.0831 e. The van der Waals surface area contributed by atoms with Crippen molar-refractivity contribution in [2.45, 2.75) is 6.92 Å². The van der Waals surface area contributed by atoms with Crippen LogP contribution in [-0.4, -0.2) is 0 Å². The smallest absolute Gasteiger partial charge is 0.0552 e. The van der Waals surface area contributed by atoms with Crippen molar-refractivity contribution in [2.24, 2.45) is 0 Å². The van der Waals surface area contributed by atoms with Crippen LogP contribution < -0.4 is 0 Å². The van der Waals surface area contributed by atoms with E-state index in [9.17, 15) is 0 Å². The Balaban J connectivity index is 3.31. The summed E-state index contributed by atoms with van der Waals surface area (Å²) in [5.41, 5.74) is 1.22. The van der Waals surface area contributed by atoms with Crippen LogP contribution >= 0.6 is 56.8 Å². The van der Waals surface area contributed by atoms with E-state index in [4.69, 9.17) is 11.6 Å². The molecule has 1 aromatic rings. The molecule has 1 aromatic carbocycles. The third kappa shape index (κ3) is 1.98. The van der Waals surface area contributed by atoms with E-state index in [0.29, 0.717) is 0 Å². The summed E-state index contributed by atoms with van der Waals surface area (Å²) < 4.78 is 2.37. The molecule has 1 rings (SSSR count). The maximum atomic E-state index is 5.91. The first-order valence-corrected chi connectivity index (χ1v) is 5.26. The van der Waals surface area contributed by atoms with Gasteiger partial charge in [-0.2, -0.15) is 0 Å². The average molecular weight is 378 g/mol. The molecule has 0 aromatic heterocycles. The minimum atomic E-state index is 0.852. The molecule has 0 spiro atoms. The summed E-state index contributed by atoms with van der Waals surface area (Å²) in [4.78, 5) is 0. The van der Waals surface area contributed by atoms with Crippen LogP contribution in [0.15, 0.2) is 12.1 Å². The van der Waals surface area contributed by atoms with Crippen LogP contribution in [-0.2, 0) is 0 Å². The fraction of sp³-hybridized carbons (Fsp3) is 0.143. The normalized spacial score (nSPS) is 10.0. The first-order chi connectivity index (χ1) is 4.61. The molecular formula is C7H5ClI2. The number of hydrogen-bond donors (Lipinski definition) is 0.